The zero-order chi connectivity index (χ0) is 13.7. The highest BCUT2D eigenvalue weighted by Crippen LogP contribution is 2.30. The number of benzene rings is 1. The Balaban J connectivity index is 2.23. The van der Waals surface area contributed by atoms with Gasteiger partial charge in [0.05, 0.1) is 18.7 Å². The maximum atomic E-state index is 14.0. The Morgan fingerprint density at radius 1 is 1.37 bits per heavy atom. The number of halogens is 1. The van der Waals surface area contributed by atoms with Crippen molar-refractivity contribution < 1.29 is 13.9 Å². The average Bonchev–Trinajstić information content (AvgIpc) is 2.93. The zero-order valence-electron chi connectivity index (χ0n) is 11.3. The normalized spacial score (nSPS) is 15.7. The number of hydrogen-bond acceptors (Lipinski definition) is 2. The first-order chi connectivity index (χ1) is 9.24. The van der Waals surface area contributed by atoms with Crippen molar-refractivity contribution in [3.8, 4) is 0 Å². The Labute approximate surface area is 113 Å². The lowest BCUT2D eigenvalue weighted by Crippen LogP contribution is -2.40. The van der Waals surface area contributed by atoms with Gasteiger partial charge in [-0.2, -0.15) is 0 Å². The molecule has 0 radical (unpaired) electrons. The van der Waals surface area contributed by atoms with Gasteiger partial charge < -0.3 is 9.64 Å². The third-order valence-electron chi connectivity index (χ3n) is 3.59. The summed E-state index contributed by atoms with van der Waals surface area (Å²) in [6.45, 7) is 0.372. The molecule has 0 aliphatic heterocycles. The summed E-state index contributed by atoms with van der Waals surface area (Å²) in [6, 6.07) is 6.62. The van der Waals surface area contributed by atoms with Gasteiger partial charge in [-0.25, -0.2) is 4.39 Å². The average molecular weight is 265 g/mol. The highest BCUT2D eigenvalue weighted by Gasteiger charge is 2.29. The number of hydrogen-bond donors (Lipinski definition) is 0. The van der Waals surface area contributed by atoms with E-state index in [2.05, 4.69) is 0 Å². The van der Waals surface area contributed by atoms with E-state index in [9.17, 15) is 9.18 Å². The van der Waals surface area contributed by atoms with Gasteiger partial charge >= 0.3 is 0 Å². The summed E-state index contributed by atoms with van der Waals surface area (Å²) < 4.78 is 18.9. The maximum absolute atomic E-state index is 14.0. The first-order valence-corrected chi connectivity index (χ1v) is 6.79. The minimum atomic E-state index is -0.333. The smallest absolute Gasteiger partial charge is 0.229 e. The van der Waals surface area contributed by atoms with Gasteiger partial charge in [0, 0.05) is 13.2 Å². The van der Waals surface area contributed by atoms with Gasteiger partial charge in [-0.15, -0.1) is 0 Å². The van der Waals surface area contributed by atoms with Gasteiger partial charge in [-0.3, -0.25) is 4.79 Å². The van der Waals surface area contributed by atoms with E-state index in [1.807, 2.05) is 0 Å². The summed E-state index contributed by atoms with van der Waals surface area (Å²) in [5.74, 6) is -0.390. The predicted octanol–water partition coefficient (Wildman–Crippen LogP) is 3.14. The molecule has 2 rings (SSSR count). The van der Waals surface area contributed by atoms with E-state index in [-0.39, 0.29) is 17.8 Å². The quantitative estimate of drug-likeness (QED) is 0.818. The van der Waals surface area contributed by atoms with Crippen LogP contribution in [0.3, 0.4) is 0 Å². The van der Waals surface area contributed by atoms with E-state index in [4.69, 9.17) is 4.74 Å². The molecule has 0 unspecified atom stereocenters. The molecule has 0 saturated heterocycles. The summed E-state index contributed by atoms with van der Waals surface area (Å²) >= 11 is 0. The summed E-state index contributed by atoms with van der Waals surface area (Å²) in [6.07, 6.45) is 4.40. The second-order valence-electron chi connectivity index (χ2n) is 4.90. The molecular weight excluding hydrogens is 245 g/mol. The van der Waals surface area contributed by atoms with Crippen LogP contribution < -0.4 is 4.90 Å². The molecule has 1 aromatic carbocycles. The number of carbonyl (C=O) groups is 1. The Bertz CT molecular complexity index is 430. The molecule has 1 aliphatic rings. The van der Waals surface area contributed by atoms with Crippen LogP contribution in [0.15, 0.2) is 24.3 Å². The standard InChI is InChI=1S/C15H20FNO2/c1-19-11-10-15(18)17(12-6-2-3-7-12)14-9-5-4-8-13(14)16/h4-5,8-9,12H,2-3,6-7,10-11H2,1H3. The van der Waals surface area contributed by atoms with E-state index in [1.54, 1.807) is 30.2 Å². The van der Waals surface area contributed by atoms with Gasteiger partial charge in [-0.05, 0) is 25.0 Å². The topological polar surface area (TPSA) is 29.5 Å². The first kappa shape index (κ1) is 14.0. The molecule has 3 nitrogen and oxygen atoms in total. The van der Waals surface area contributed by atoms with Crippen LogP contribution in [-0.2, 0) is 9.53 Å². The van der Waals surface area contributed by atoms with Gasteiger partial charge in [0.2, 0.25) is 5.91 Å². The van der Waals surface area contributed by atoms with Gasteiger partial charge in [0.1, 0.15) is 5.82 Å². The number of anilines is 1. The number of rotatable bonds is 5. The van der Waals surface area contributed by atoms with Crippen molar-refractivity contribution in [3.63, 3.8) is 0 Å². The fourth-order valence-electron chi connectivity index (χ4n) is 2.65. The Morgan fingerprint density at radius 2 is 2.05 bits per heavy atom. The van der Waals surface area contributed by atoms with Gasteiger partial charge in [0.25, 0.3) is 0 Å². The lowest BCUT2D eigenvalue weighted by molar-refractivity contribution is -0.120. The minimum Gasteiger partial charge on any atom is -0.384 e. The Hall–Kier alpha value is -1.42. The molecule has 0 N–H and O–H groups in total. The van der Waals surface area contributed by atoms with Crippen molar-refractivity contribution in [1.29, 1.82) is 0 Å². The number of nitrogens with zero attached hydrogens (tertiary/aromatic N) is 1. The van der Waals surface area contributed by atoms with Crippen LogP contribution in [0, 0.1) is 5.82 Å². The van der Waals surface area contributed by atoms with Gasteiger partial charge in [0.15, 0.2) is 0 Å². The van der Waals surface area contributed by atoms with Crippen LogP contribution in [0.5, 0.6) is 0 Å². The molecule has 0 heterocycles. The molecule has 1 saturated carbocycles. The van der Waals surface area contributed by atoms with Crippen molar-refractivity contribution in [2.45, 2.75) is 38.1 Å². The summed E-state index contributed by atoms with van der Waals surface area (Å²) in [7, 11) is 1.57. The molecule has 104 valence electrons. The molecule has 0 aromatic heterocycles. The van der Waals surface area contributed by atoms with Crippen molar-refractivity contribution in [2.75, 3.05) is 18.6 Å². The van der Waals surface area contributed by atoms with E-state index in [0.717, 1.165) is 25.7 Å². The van der Waals surface area contributed by atoms with Crippen LogP contribution >= 0.6 is 0 Å². The van der Waals surface area contributed by atoms with E-state index in [1.165, 1.54) is 6.07 Å². The van der Waals surface area contributed by atoms with Crippen molar-refractivity contribution >= 4 is 11.6 Å². The number of ether oxygens (including phenoxy) is 1. The zero-order valence-corrected chi connectivity index (χ0v) is 11.3. The molecule has 19 heavy (non-hydrogen) atoms. The Kier molecular flexibility index (Phi) is 4.91. The van der Waals surface area contributed by atoms with E-state index in [0.29, 0.717) is 18.7 Å². The SMILES string of the molecule is COCCC(=O)N(c1ccccc1F)C1CCCC1. The molecule has 0 spiro atoms. The number of para-hydroxylation sites is 1. The van der Waals surface area contributed by atoms with Crippen molar-refractivity contribution in [1.82, 2.24) is 0 Å². The van der Waals surface area contributed by atoms with Gasteiger partial charge in [-0.1, -0.05) is 25.0 Å². The molecule has 1 aliphatic carbocycles. The maximum Gasteiger partial charge on any atom is 0.229 e. The molecular formula is C15H20FNO2. The molecule has 1 amide bonds. The number of methoxy groups -OCH3 is 1. The molecule has 0 atom stereocenters. The van der Waals surface area contributed by atoms with Crippen LogP contribution in [0.25, 0.3) is 0 Å². The fraction of sp³-hybridized carbons (Fsp3) is 0.533. The predicted molar refractivity (Wildman–Crippen MR) is 72.6 cm³/mol. The first-order valence-electron chi connectivity index (χ1n) is 6.79. The third-order valence-corrected chi connectivity index (χ3v) is 3.59. The van der Waals surface area contributed by atoms with Crippen molar-refractivity contribution in [3.05, 3.63) is 30.1 Å². The second kappa shape index (κ2) is 6.66. The summed E-state index contributed by atoms with van der Waals surface area (Å²) in [5, 5.41) is 0. The van der Waals surface area contributed by atoms with E-state index < -0.39 is 0 Å². The highest BCUT2D eigenvalue weighted by molar-refractivity contribution is 5.94. The third kappa shape index (κ3) is 3.32. The number of amides is 1. The monoisotopic (exact) mass is 265 g/mol. The van der Waals surface area contributed by atoms with E-state index >= 15 is 0 Å². The molecule has 0 bridgehead atoms. The number of carbonyl (C=O) groups excluding carboxylic acids is 1. The van der Waals surface area contributed by atoms with Crippen LogP contribution in [0.1, 0.15) is 32.1 Å². The lowest BCUT2D eigenvalue weighted by Gasteiger charge is -2.29. The Morgan fingerprint density at radius 3 is 2.68 bits per heavy atom. The van der Waals surface area contributed by atoms with Crippen molar-refractivity contribution in [2.24, 2.45) is 0 Å². The lowest BCUT2D eigenvalue weighted by atomic mass is 10.1. The largest absolute Gasteiger partial charge is 0.384 e. The fourth-order valence-corrected chi connectivity index (χ4v) is 2.65. The molecule has 1 fully saturated rings. The summed E-state index contributed by atoms with van der Waals surface area (Å²) in [4.78, 5) is 14.0. The summed E-state index contributed by atoms with van der Waals surface area (Å²) in [5.41, 5.74) is 0.399. The molecule has 4 heteroatoms. The second-order valence-corrected chi connectivity index (χ2v) is 4.90. The van der Waals surface area contributed by atoms with Crippen LogP contribution in [-0.4, -0.2) is 25.7 Å². The van der Waals surface area contributed by atoms with Crippen LogP contribution in [0.2, 0.25) is 0 Å². The van der Waals surface area contributed by atoms with Crippen LogP contribution in [0.4, 0.5) is 10.1 Å². The highest BCUT2D eigenvalue weighted by atomic mass is 19.1. The minimum absolute atomic E-state index is 0.0566. The molecule has 1 aromatic rings.